The molecule has 1 saturated carbocycles. The van der Waals surface area contributed by atoms with Crippen LogP contribution in [-0.4, -0.2) is 25.2 Å². The van der Waals surface area contributed by atoms with Gasteiger partial charge in [0.15, 0.2) is 0 Å². The normalized spacial score (nSPS) is 27.6. The van der Waals surface area contributed by atoms with Crippen molar-refractivity contribution in [3.63, 3.8) is 0 Å². The van der Waals surface area contributed by atoms with Crippen LogP contribution in [0.25, 0.3) is 0 Å². The summed E-state index contributed by atoms with van der Waals surface area (Å²) in [5, 5.41) is -0.793. The van der Waals surface area contributed by atoms with Gasteiger partial charge in [-0.3, -0.25) is 0 Å². The molecule has 0 aromatic rings. The van der Waals surface area contributed by atoms with Gasteiger partial charge in [0.25, 0.3) is 0 Å². The Labute approximate surface area is 109 Å². The molecule has 0 radical (unpaired) electrons. The fraction of sp³-hybridized carbons (Fsp3) is 0.909. The molecule has 0 amide bonds. The first kappa shape index (κ1) is 14.9. The Hall–Kier alpha value is -0.200. The molecule has 3 atom stereocenters. The SMILES string of the molecule is CC1CCCC(CNS(=O)(=O)C(C)C(N)=S)C1. The fourth-order valence-electron chi connectivity index (χ4n) is 2.26. The standard InChI is InChI=1S/C11H22N2O2S2/c1-8-4-3-5-10(6-8)7-13-17(14,15)9(2)11(12)16/h8-10,13H,3-7H2,1-2H3,(H2,12,16). The van der Waals surface area contributed by atoms with E-state index in [9.17, 15) is 8.42 Å². The number of rotatable bonds is 5. The third kappa shape index (κ3) is 4.52. The highest BCUT2D eigenvalue weighted by Crippen LogP contribution is 2.28. The van der Waals surface area contributed by atoms with E-state index in [2.05, 4.69) is 11.6 Å². The lowest BCUT2D eigenvalue weighted by atomic mass is 9.83. The van der Waals surface area contributed by atoms with Crippen LogP contribution in [0, 0.1) is 11.8 Å². The summed E-state index contributed by atoms with van der Waals surface area (Å²) >= 11 is 4.71. The van der Waals surface area contributed by atoms with Crippen molar-refractivity contribution < 1.29 is 8.42 Å². The fourth-order valence-corrected chi connectivity index (χ4v) is 3.66. The summed E-state index contributed by atoms with van der Waals surface area (Å²) in [5.41, 5.74) is 5.37. The molecule has 0 spiro atoms. The smallest absolute Gasteiger partial charge is 0.220 e. The van der Waals surface area contributed by atoms with Crippen molar-refractivity contribution in [2.75, 3.05) is 6.54 Å². The molecule has 1 aliphatic carbocycles. The third-order valence-electron chi connectivity index (χ3n) is 3.48. The molecule has 1 rings (SSSR count). The van der Waals surface area contributed by atoms with Crippen LogP contribution in [0.1, 0.15) is 39.5 Å². The second-order valence-corrected chi connectivity index (χ2v) is 7.63. The first-order valence-corrected chi connectivity index (χ1v) is 8.06. The molecule has 3 N–H and O–H groups in total. The summed E-state index contributed by atoms with van der Waals surface area (Å²) in [6.07, 6.45) is 4.66. The maximum Gasteiger partial charge on any atom is 0.220 e. The summed E-state index contributed by atoms with van der Waals surface area (Å²) < 4.78 is 26.3. The predicted molar refractivity (Wildman–Crippen MR) is 74.3 cm³/mol. The minimum atomic E-state index is -3.39. The van der Waals surface area contributed by atoms with Crippen LogP contribution < -0.4 is 10.5 Å². The molecule has 1 aliphatic rings. The highest BCUT2D eigenvalue weighted by atomic mass is 32.2. The minimum Gasteiger partial charge on any atom is -0.392 e. The van der Waals surface area contributed by atoms with E-state index in [4.69, 9.17) is 18.0 Å². The Kier molecular flexibility index (Phi) is 5.34. The number of nitrogens with one attached hydrogen (secondary N) is 1. The van der Waals surface area contributed by atoms with Gasteiger partial charge in [-0.1, -0.05) is 32.0 Å². The number of hydrogen-bond acceptors (Lipinski definition) is 3. The average Bonchev–Trinajstić information content (AvgIpc) is 2.25. The third-order valence-corrected chi connectivity index (χ3v) is 5.74. The molecule has 3 unspecified atom stereocenters. The second-order valence-electron chi connectivity index (χ2n) is 5.08. The van der Waals surface area contributed by atoms with Gasteiger partial charge in [0.05, 0.1) is 4.99 Å². The Morgan fingerprint density at radius 1 is 1.53 bits per heavy atom. The molecule has 0 bridgehead atoms. The molecular weight excluding hydrogens is 256 g/mol. The maximum atomic E-state index is 11.8. The van der Waals surface area contributed by atoms with Gasteiger partial charge in [0.2, 0.25) is 10.0 Å². The monoisotopic (exact) mass is 278 g/mol. The van der Waals surface area contributed by atoms with E-state index in [1.54, 1.807) is 0 Å². The molecule has 0 aliphatic heterocycles. The molecule has 0 aromatic heterocycles. The van der Waals surface area contributed by atoms with Gasteiger partial charge in [-0.15, -0.1) is 0 Å². The zero-order valence-electron chi connectivity index (χ0n) is 10.5. The van der Waals surface area contributed by atoms with Gasteiger partial charge in [0.1, 0.15) is 5.25 Å². The first-order valence-electron chi connectivity index (χ1n) is 6.10. The van der Waals surface area contributed by atoms with Crippen molar-refractivity contribution >= 4 is 27.2 Å². The van der Waals surface area contributed by atoms with Crippen LogP contribution in [0.5, 0.6) is 0 Å². The number of nitrogens with two attached hydrogens (primary N) is 1. The van der Waals surface area contributed by atoms with E-state index in [0.717, 1.165) is 12.8 Å². The lowest BCUT2D eigenvalue weighted by molar-refractivity contribution is 0.283. The summed E-state index contributed by atoms with van der Waals surface area (Å²) in [5.74, 6) is 1.15. The largest absolute Gasteiger partial charge is 0.392 e. The number of thiocarbonyl (C=S) groups is 1. The zero-order valence-corrected chi connectivity index (χ0v) is 12.1. The number of hydrogen-bond donors (Lipinski definition) is 2. The van der Waals surface area contributed by atoms with Crippen LogP contribution in [0.4, 0.5) is 0 Å². The van der Waals surface area contributed by atoms with Crippen molar-refractivity contribution in [1.82, 2.24) is 4.72 Å². The summed E-state index contributed by atoms with van der Waals surface area (Å²) in [7, 11) is -3.39. The van der Waals surface area contributed by atoms with E-state index >= 15 is 0 Å². The molecular formula is C11H22N2O2S2. The molecule has 100 valence electrons. The van der Waals surface area contributed by atoms with E-state index in [1.165, 1.54) is 19.8 Å². The topological polar surface area (TPSA) is 72.2 Å². The summed E-state index contributed by atoms with van der Waals surface area (Å²) in [4.78, 5) is 0.0227. The lowest BCUT2D eigenvalue weighted by Crippen LogP contribution is -2.42. The summed E-state index contributed by atoms with van der Waals surface area (Å²) in [6, 6.07) is 0. The second kappa shape index (κ2) is 6.11. The maximum absolute atomic E-state index is 11.8. The van der Waals surface area contributed by atoms with Crippen LogP contribution in [0.2, 0.25) is 0 Å². The molecule has 0 aromatic carbocycles. The van der Waals surface area contributed by atoms with Gasteiger partial charge >= 0.3 is 0 Å². The average molecular weight is 278 g/mol. The Bertz CT molecular complexity index is 368. The highest BCUT2D eigenvalue weighted by Gasteiger charge is 2.25. The van der Waals surface area contributed by atoms with Gasteiger partial charge in [-0.25, -0.2) is 13.1 Å². The Balaban J connectivity index is 2.47. The van der Waals surface area contributed by atoms with Crippen LogP contribution in [0.3, 0.4) is 0 Å². The molecule has 1 fully saturated rings. The zero-order chi connectivity index (χ0) is 13.1. The van der Waals surface area contributed by atoms with Crippen LogP contribution in [0.15, 0.2) is 0 Å². The van der Waals surface area contributed by atoms with Crippen LogP contribution >= 0.6 is 12.2 Å². The van der Waals surface area contributed by atoms with Crippen molar-refractivity contribution in [2.24, 2.45) is 17.6 Å². The van der Waals surface area contributed by atoms with E-state index in [1.807, 2.05) is 0 Å². The molecule has 4 nitrogen and oxygen atoms in total. The van der Waals surface area contributed by atoms with Crippen molar-refractivity contribution in [1.29, 1.82) is 0 Å². The van der Waals surface area contributed by atoms with Crippen molar-refractivity contribution in [3.05, 3.63) is 0 Å². The Morgan fingerprint density at radius 2 is 2.18 bits per heavy atom. The number of sulfonamides is 1. The van der Waals surface area contributed by atoms with Crippen molar-refractivity contribution in [2.45, 2.75) is 44.8 Å². The predicted octanol–water partition coefficient (Wildman–Crippen LogP) is 1.41. The molecule has 17 heavy (non-hydrogen) atoms. The van der Waals surface area contributed by atoms with E-state index < -0.39 is 15.3 Å². The van der Waals surface area contributed by atoms with Gasteiger partial charge < -0.3 is 5.73 Å². The summed E-state index contributed by atoms with van der Waals surface area (Å²) in [6.45, 7) is 4.26. The highest BCUT2D eigenvalue weighted by molar-refractivity contribution is 7.93. The van der Waals surface area contributed by atoms with Gasteiger partial charge in [-0.05, 0) is 31.6 Å². The quantitative estimate of drug-likeness (QED) is 0.746. The molecule has 0 heterocycles. The Morgan fingerprint density at radius 3 is 2.71 bits per heavy atom. The minimum absolute atomic E-state index is 0.0227. The molecule has 6 heteroatoms. The van der Waals surface area contributed by atoms with E-state index in [0.29, 0.717) is 18.4 Å². The van der Waals surface area contributed by atoms with Gasteiger partial charge in [-0.2, -0.15) is 0 Å². The van der Waals surface area contributed by atoms with E-state index in [-0.39, 0.29) is 4.99 Å². The molecule has 0 saturated heterocycles. The van der Waals surface area contributed by atoms with Crippen LogP contribution in [-0.2, 0) is 10.0 Å². The van der Waals surface area contributed by atoms with Gasteiger partial charge in [0, 0.05) is 6.54 Å². The lowest BCUT2D eigenvalue weighted by Gasteiger charge is -2.27. The first-order chi connectivity index (χ1) is 7.83. The van der Waals surface area contributed by atoms with Crippen molar-refractivity contribution in [3.8, 4) is 0 Å².